The maximum Gasteiger partial charge on any atom is 0.123 e. The molecule has 1 aliphatic heterocycles. The molecule has 1 fully saturated rings. The second-order valence-corrected chi connectivity index (χ2v) is 5.62. The number of methoxy groups -OCH3 is 1. The average Bonchev–Trinajstić information content (AvgIpc) is 2.44. The monoisotopic (exact) mass is 295 g/mol. The Morgan fingerprint density at radius 2 is 1.95 bits per heavy atom. The zero-order valence-corrected chi connectivity index (χ0v) is 13.0. The second kappa shape index (κ2) is 7.64. The van der Waals surface area contributed by atoms with Crippen LogP contribution in [0.25, 0.3) is 0 Å². The zero-order chi connectivity index (χ0) is 15.2. The molecule has 0 aromatic heterocycles. The lowest BCUT2D eigenvalue weighted by Gasteiger charge is -2.36. The first kappa shape index (κ1) is 16.1. The number of nitrogens with zero attached hydrogens (tertiary/aromatic N) is 1. The quantitative estimate of drug-likeness (QED) is 0.863. The molecule has 0 radical (unpaired) electrons. The molecule has 1 heterocycles. The maximum atomic E-state index is 10.1. The van der Waals surface area contributed by atoms with E-state index in [9.17, 15) is 5.11 Å². The van der Waals surface area contributed by atoms with E-state index in [-0.39, 0.29) is 18.8 Å². The van der Waals surface area contributed by atoms with Gasteiger partial charge in [-0.05, 0) is 26.0 Å². The molecule has 0 unspecified atom stereocenters. The smallest absolute Gasteiger partial charge is 0.123 e. The molecule has 0 bridgehead atoms. The minimum Gasteiger partial charge on any atom is -0.497 e. The Bertz CT molecular complexity index is 430. The highest BCUT2D eigenvalue weighted by molar-refractivity contribution is 5.32. The van der Waals surface area contributed by atoms with E-state index in [0.717, 1.165) is 18.8 Å². The van der Waals surface area contributed by atoms with Crippen LogP contribution < -0.4 is 9.47 Å². The molecule has 1 aromatic carbocycles. The SMILES string of the molecule is COc1cccc(OC[C@H](O)CN2C[C@@H](C)O[C@@H](C)C2)c1. The van der Waals surface area contributed by atoms with Crippen molar-refractivity contribution in [2.45, 2.75) is 32.2 Å². The molecule has 118 valence electrons. The Labute approximate surface area is 126 Å². The highest BCUT2D eigenvalue weighted by Crippen LogP contribution is 2.19. The molecular formula is C16H25NO4. The molecule has 21 heavy (non-hydrogen) atoms. The van der Waals surface area contributed by atoms with Crippen LogP contribution in [0, 0.1) is 0 Å². The molecule has 3 atom stereocenters. The summed E-state index contributed by atoms with van der Waals surface area (Å²) >= 11 is 0. The molecule has 0 amide bonds. The molecular weight excluding hydrogens is 270 g/mol. The predicted molar refractivity (Wildman–Crippen MR) is 80.9 cm³/mol. The van der Waals surface area contributed by atoms with Crippen molar-refractivity contribution in [2.75, 3.05) is 33.4 Å². The molecule has 1 aromatic rings. The molecule has 1 aliphatic rings. The van der Waals surface area contributed by atoms with Gasteiger partial charge in [-0.2, -0.15) is 0 Å². The van der Waals surface area contributed by atoms with Crippen molar-refractivity contribution >= 4 is 0 Å². The Morgan fingerprint density at radius 1 is 1.29 bits per heavy atom. The molecule has 2 rings (SSSR count). The van der Waals surface area contributed by atoms with Crippen molar-refractivity contribution in [3.63, 3.8) is 0 Å². The van der Waals surface area contributed by atoms with E-state index in [0.29, 0.717) is 12.3 Å². The van der Waals surface area contributed by atoms with Gasteiger partial charge < -0.3 is 19.3 Å². The lowest BCUT2D eigenvalue weighted by molar-refractivity contribution is -0.0786. The minimum absolute atomic E-state index is 0.209. The summed E-state index contributed by atoms with van der Waals surface area (Å²) in [4.78, 5) is 2.22. The molecule has 1 saturated heterocycles. The van der Waals surface area contributed by atoms with Crippen LogP contribution in [0.15, 0.2) is 24.3 Å². The van der Waals surface area contributed by atoms with Crippen LogP contribution in [0.5, 0.6) is 11.5 Å². The fourth-order valence-corrected chi connectivity index (χ4v) is 2.67. The van der Waals surface area contributed by atoms with E-state index in [1.54, 1.807) is 7.11 Å². The van der Waals surface area contributed by atoms with Gasteiger partial charge in [-0.1, -0.05) is 6.07 Å². The third-order valence-electron chi connectivity index (χ3n) is 3.45. The normalized spacial score (nSPS) is 24.6. The van der Waals surface area contributed by atoms with Crippen molar-refractivity contribution < 1.29 is 19.3 Å². The summed E-state index contributed by atoms with van der Waals surface area (Å²) in [6, 6.07) is 7.39. The van der Waals surface area contributed by atoms with Gasteiger partial charge in [-0.3, -0.25) is 4.90 Å². The van der Waals surface area contributed by atoms with Crippen LogP contribution in [0.1, 0.15) is 13.8 Å². The van der Waals surface area contributed by atoms with Crippen LogP contribution in [-0.2, 0) is 4.74 Å². The fourth-order valence-electron chi connectivity index (χ4n) is 2.67. The first-order chi connectivity index (χ1) is 10.1. The molecule has 1 N–H and O–H groups in total. The number of hydrogen-bond donors (Lipinski definition) is 1. The summed E-state index contributed by atoms with van der Waals surface area (Å²) in [5.74, 6) is 1.45. The summed E-state index contributed by atoms with van der Waals surface area (Å²) in [5, 5.41) is 10.1. The van der Waals surface area contributed by atoms with Crippen LogP contribution in [-0.4, -0.2) is 61.7 Å². The van der Waals surface area contributed by atoms with E-state index in [4.69, 9.17) is 14.2 Å². The Kier molecular flexibility index (Phi) is 5.85. The zero-order valence-electron chi connectivity index (χ0n) is 13.0. The lowest BCUT2D eigenvalue weighted by Crippen LogP contribution is -2.48. The van der Waals surface area contributed by atoms with Crippen molar-refractivity contribution in [1.29, 1.82) is 0 Å². The van der Waals surface area contributed by atoms with Crippen molar-refractivity contribution in [3.8, 4) is 11.5 Å². The van der Waals surface area contributed by atoms with Gasteiger partial charge in [0.15, 0.2) is 0 Å². The van der Waals surface area contributed by atoms with Gasteiger partial charge >= 0.3 is 0 Å². The van der Waals surface area contributed by atoms with E-state index in [1.807, 2.05) is 24.3 Å². The first-order valence-corrected chi connectivity index (χ1v) is 7.39. The number of aliphatic hydroxyl groups is 1. The van der Waals surface area contributed by atoms with Gasteiger partial charge in [-0.15, -0.1) is 0 Å². The molecule has 5 heteroatoms. The first-order valence-electron chi connectivity index (χ1n) is 7.39. The number of hydrogen-bond acceptors (Lipinski definition) is 5. The fraction of sp³-hybridized carbons (Fsp3) is 0.625. The molecule has 0 spiro atoms. The predicted octanol–water partition coefficient (Wildman–Crippen LogP) is 1.54. The summed E-state index contributed by atoms with van der Waals surface area (Å²) in [6.07, 6.45) is -0.103. The Balaban J connectivity index is 1.77. The summed E-state index contributed by atoms with van der Waals surface area (Å²) < 4.78 is 16.4. The van der Waals surface area contributed by atoms with Gasteiger partial charge in [0.2, 0.25) is 0 Å². The van der Waals surface area contributed by atoms with Crippen LogP contribution in [0.2, 0.25) is 0 Å². The van der Waals surface area contributed by atoms with Crippen molar-refractivity contribution in [2.24, 2.45) is 0 Å². The van der Waals surface area contributed by atoms with Gasteiger partial charge in [0.25, 0.3) is 0 Å². The number of aliphatic hydroxyl groups excluding tert-OH is 1. The minimum atomic E-state index is -0.520. The Morgan fingerprint density at radius 3 is 2.62 bits per heavy atom. The number of morpholine rings is 1. The van der Waals surface area contributed by atoms with Gasteiger partial charge in [0, 0.05) is 25.7 Å². The van der Waals surface area contributed by atoms with E-state index in [2.05, 4.69) is 18.7 Å². The van der Waals surface area contributed by atoms with Crippen molar-refractivity contribution in [3.05, 3.63) is 24.3 Å². The van der Waals surface area contributed by atoms with Gasteiger partial charge in [0.05, 0.1) is 19.3 Å². The summed E-state index contributed by atoms with van der Waals surface area (Å²) in [5.41, 5.74) is 0. The van der Waals surface area contributed by atoms with Crippen LogP contribution >= 0.6 is 0 Å². The van der Waals surface area contributed by atoms with E-state index in [1.165, 1.54) is 0 Å². The maximum absolute atomic E-state index is 10.1. The number of rotatable bonds is 6. The molecule has 5 nitrogen and oxygen atoms in total. The number of ether oxygens (including phenoxy) is 3. The highest BCUT2D eigenvalue weighted by atomic mass is 16.5. The summed E-state index contributed by atoms with van der Waals surface area (Å²) in [6.45, 7) is 6.68. The van der Waals surface area contributed by atoms with Crippen molar-refractivity contribution in [1.82, 2.24) is 4.90 Å². The number of β-amino-alcohol motifs (C(OH)–C–C–N with tert-alkyl or cyclic N) is 1. The molecule has 0 saturated carbocycles. The van der Waals surface area contributed by atoms with Gasteiger partial charge in [0.1, 0.15) is 24.2 Å². The largest absolute Gasteiger partial charge is 0.497 e. The third-order valence-corrected chi connectivity index (χ3v) is 3.45. The average molecular weight is 295 g/mol. The number of benzene rings is 1. The second-order valence-electron chi connectivity index (χ2n) is 5.62. The van der Waals surface area contributed by atoms with Crippen LogP contribution in [0.3, 0.4) is 0 Å². The highest BCUT2D eigenvalue weighted by Gasteiger charge is 2.23. The van der Waals surface area contributed by atoms with E-state index < -0.39 is 6.10 Å². The standard InChI is InChI=1S/C16H25NO4/c1-12-8-17(9-13(2)21-12)10-14(18)11-20-16-6-4-5-15(7-16)19-3/h4-7,12-14,18H,8-11H2,1-3H3/t12-,13+,14-/m1/s1. The van der Waals surface area contributed by atoms with E-state index >= 15 is 0 Å². The topological polar surface area (TPSA) is 51.2 Å². The summed E-state index contributed by atoms with van der Waals surface area (Å²) in [7, 11) is 1.62. The molecule has 0 aliphatic carbocycles. The van der Waals surface area contributed by atoms with Gasteiger partial charge in [-0.25, -0.2) is 0 Å². The lowest BCUT2D eigenvalue weighted by atomic mass is 10.2. The third kappa shape index (κ3) is 5.19. The van der Waals surface area contributed by atoms with Crippen LogP contribution in [0.4, 0.5) is 0 Å². The Hall–Kier alpha value is -1.30.